The molecule has 2 heterocycles. The van der Waals surface area contributed by atoms with E-state index in [0.717, 1.165) is 18.4 Å². The van der Waals surface area contributed by atoms with Crippen molar-refractivity contribution in [2.45, 2.75) is 26.7 Å². The number of ether oxygens (including phenoxy) is 1. The van der Waals surface area contributed by atoms with Crippen LogP contribution in [0.4, 0.5) is 0 Å². The summed E-state index contributed by atoms with van der Waals surface area (Å²) < 4.78 is 10.6. The lowest BCUT2D eigenvalue weighted by Crippen LogP contribution is -2.18. The third-order valence-corrected chi connectivity index (χ3v) is 6.13. The lowest BCUT2D eigenvalue weighted by molar-refractivity contribution is -0.139. The molecule has 5 rings (SSSR count). The molecule has 0 radical (unpaired) electrons. The summed E-state index contributed by atoms with van der Waals surface area (Å²) in [5, 5.41) is 15.5. The average Bonchev–Trinajstić information content (AvgIpc) is 3.37. The Morgan fingerprint density at radius 3 is 2.56 bits per heavy atom. The first-order valence-corrected chi connectivity index (χ1v) is 10.5. The van der Waals surface area contributed by atoms with Gasteiger partial charge in [0.05, 0.1) is 21.6 Å². The standard InChI is InChI=1S/C24H19ClN2O5/c1-12-9-19(32-27-12)20-21(28)16-10-15(17(25)11-18(16)26-22(20)29)13-3-5-14(6-4-13)31-23(30)24(2)7-8-24/h3-6,9-11H,7-8H2,1-2H3,(H2,26,28,29). The molecule has 2 N–H and O–H groups in total. The van der Waals surface area contributed by atoms with Crippen molar-refractivity contribution in [2.24, 2.45) is 5.41 Å². The number of nitrogens with one attached hydrogen (secondary N) is 1. The van der Waals surface area contributed by atoms with Crippen LogP contribution in [0.3, 0.4) is 0 Å². The number of benzene rings is 2. The van der Waals surface area contributed by atoms with E-state index in [0.29, 0.717) is 32.9 Å². The van der Waals surface area contributed by atoms with E-state index in [-0.39, 0.29) is 28.5 Å². The molecule has 1 fully saturated rings. The fraction of sp³-hybridized carbons (Fsp3) is 0.208. The molecule has 162 valence electrons. The quantitative estimate of drug-likeness (QED) is 0.326. The first-order chi connectivity index (χ1) is 15.2. The Bertz CT molecular complexity index is 1430. The number of fused-ring (bicyclic) bond motifs is 1. The van der Waals surface area contributed by atoms with Crippen LogP contribution >= 0.6 is 11.6 Å². The summed E-state index contributed by atoms with van der Waals surface area (Å²) >= 11 is 6.48. The molecule has 0 amide bonds. The number of rotatable bonds is 4. The number of H-pyrrole nitrogens is 1. The summed E-state index contributed by atoms with van der Waals surface area (Å²) in [6.45, 7) is 3.62. The Balaban J connectivity index is 1.55. The van der Waals surface area contributed by atoms with Crippen LogP contribution in [0.1, 0.15) is 25.5 Å². The van der Waals surface area contributed by atoms with Crippen LogP contribution < -0.4 is 10.3 Å². The second-order valence-electron chi connectivity index (χ2n) is 8.36. The first-order valence-electron chi connectivity index (χ1n) is 10.1. The fourth-order valence-corrected chi connectivity index (χ4v) is 3.83. The van der Waals surface area contributed by atoms with Crippen LogP contribution in [0, 0.1) is 12.3 Å². The second kappa shape index (κ2) is 7.24. The van der Waals surface area contributed by atoms with Gasteiger partial charge in [-0.3, -0.25) is 9.59 Å². The van der Waals surface area contributed by atoms with E-state index in [1.165, 1.54) is 0 Å². The van der Waals surface area contributed by atoms with Gasteiger partial charge in [0.2, 0.25) is 0 Å². The van der Waals surface area contributed by atoms with Gasteiger partial charge in [0.1, 0.15) is 17.1 Å². The molecule has 0 spiro atoms. The van der Waals surface area contributed by atoms with Crippen LogP contribution in [-0.2, 0) is 4.79 Å². The molecule has 32 heavy (non-hydrogen) atoms. The van der Waals surface area contributed by atoms with Crippen molar-refractivity contribution in [3.8, 4) is 33.9 Å². The number of carbonyl (C=O) groups is 1. The minimum absolute atomic E-state index is 0.00204. The van der Waals surface area contributed by atoms with Crippen LogP contribution in [0.25, 0.3) is 33.4 Å². The van der Waals surface area contributed by atoms with Gasteiger partial charge >= 0.3 is 5.97 Å². The molecule has 0 bridgehead atoms. The largest absolute Gasteiger partial charge is 0.506 e. The number of nitrogens with zero attached hydrogens (tertiary/aromatic N) is 1. The topological polar surface area (TPSA) is 105 Å². The molecule has 0 atom stereocenters. The van der Waals surface area contributed by atoms with Gasteiger partial charge in [0.15, 0.2) is 5.76 Å². The van der Waals surface area contributed by atoms with Crippen molar-refractivity contribution in [2.75, 3.05) is 0 Å². The van der Waals surface area contributed by atoms with E-state index in [1.54, 1.807) is 49.4 Å². The number of hydrogen-bond acceptors (Lipinski definition) is 6. The van der Waals surface area contributed by atoms with E-state index >= 15 is 0 Å². The summed E-state index contributed by atoms with van der Waals surface area (Å²) in [6, 6.07) is 11.8. The van der Waals surface area contributed by atoms with E-state index in [1.807, 2.05) is 6.92 Å². The maximum absolute atomic E-state index is 12.5. The number of aromatic nitrogens is 2. The van der Waals surface area contributed by atoms with Crippen LogP contribution in [-0.4, -0.2) is 21.2 Å². The van der Waals surface area contributed by atoms with Crippen molar-refractivity contribution in [1.29, 1.82) is 0 Å². The molecule has 2 aromatic carbocycles. The first kappa shape index (κ1) is 20.3. The molecule has 1 aliphatic rings. The van der Waals surface area contributed by atoms with Crippen LogP contribution in [0.15, 0.2) is 51.8 Å². The van der Waals surface area contributed by atoms with E-state index in [4.69, 9.17) is 20.9 Å². The highest BCUT2D eigenvalue weighted by Crippen LogP contribution is 2.46. The number of halogens is 1. The second-order valence-corrected chi connectivity index (χ2v) is 8.77. The molecule has 1 saturated carbocycles. The third kappa shape index (κ3) is 3.44. The number of aromatic hydroxyl groups is 1. The molecule has 8 heteroatoms. The highest BCUT2D eigenvalue weighted by atomic mass is 35.5. The van der Waals surface area contributed by atoms with E-state index < -0.39 is 5.56 Å². The van der Waals surface area contributed by atoms with Gasteiger partial charge in [-0.2, -0.15) is 0 Å². The van der Waals surface area contributed by atoms with E-state index in [2.05, 4.69) is 10.1 Å². The molecular formula is C24H19ClN2O5. The number of hydrogen-bond donors (Lipinski definition) is 2. The number of carbonyl (C=O) groups excluding carboxylic acids is 1. The van der Waals surface area contributed by atoms with Gasteiger partial charge in [-0.15, -0.1) is 0 Å². The van der Waals surface area contributed by atoms with E-state index in [9.17, 15) is 14.7 Å². The summed E-state index contributed by atoms with van der Waals surface area (Å²) in [5.41, 5.74) is 1.52. The highest BCUT2D eigenvalue weighted by molar-refractivity contribution is 6.34. The Hall–Kier alpha value is -3.58. The fourth-order valence-electron chi connectivity index (χ4n) is 3.56. The van der Waals surface area contributed by atoms with Gasteiger partial charge in [0, 0.05) is 17.0 Å². The maximum atomic E-state index is 12.5. The van der Waals surface area contributed by atoms with Crippen molar-refractivity contribution in [3.63, 3.8) is 0 Å². The monoisotopic (exact) mass is 450 g/mol. The number of esters is 1. The van der Waals surface area contributed by atoms with Crippen LogP contribution in [0.5, 0.6) is 11.5 Å². The van der Waals surface area contributed by atoms with Gasteiger partial charge in [-0.05, 0) is 56.5 Å². The van der Waals surface area contributed by atoms with Gasteiger partial charge in [0.25, 0.3) is 5.56 Å². The highest BCUT2D eigenvalue weighted by Gasteiger charge is 2.46. The smallest absolute Gasteiger partial charge is 0.317 e. The zero-order valence-electron chi connectivity index (χ0n) is 17.4. The van der Waals surface area contributed by atoms with Crippen molar-refractivity contribution < 1.29 is 19.2 Å². The molecule has 1 aliphatic carbocycles. The number of aryl methyl sites for hydroxylation is 1. The molecular weight excluding hydrogens is 432 g/mol. The molecule has 0 aliphatic heterocycles. The molecule has 2 aromatic heterocycles. The van der Waals surface area contributed by atoms with Crippen LogP contribution in [0.2, 0.25) is 5.02 Å². The molecule has 7 nitrogen and oxygen atoms in total. The lowest BCUT2D eigenvalue weighted by atomic mass is 10.0. The van der Waals surface area contributed by atoms with Gasteiger partial charge in [-0.1, -0.05) is 28.9 Å². The average molecular weight is 451 g/mol. The maximum Gasteiger partial charge on any atom is 0.317 e. The SMILES string of the molecule is Cc1cc(-c2c(O)c3cc(-c4ccc(OC(=O)C5(C)CC5)cc4)c(Cl)cc3[nH]c2=O)on1. The Labute approximate surface area is 187 Å². The summed E-state index contributed by atoms with van der Waals surface area (Å²) in [5.74, 6) is 0.188. The molecule has 0 saturated heterocycles. The predicted molar refractivity (Wildman–Crippen MR) is 120 cm³/mol. The minimum Gasteiger partial charge on any atom is -0.506 e. The summed E-state index contributed by atoms with van der Waals surface area (Å²) in [7, 11) is 0. The van der Waals surface area contributed by atoms with Crippen molar-refractivity contribution in [1.82, 2.24) is 10.1 Å². The summed E-state index contributed by atoms with van der Waals surface area (Å²) in [6.07, 6.45) is 1.69. The lowest BCUT2D eigenvalue weighted by Gasteiger charge is -2.12. The van der Waals surface area contributed by atoms with Crippen molar-refractivity contribution >= 4 is 28.5 Å². The minimum atomic E-state index is -0.509. The predicted octanol–water partition coefficient (Wildman–Crippen LogP) is 5.22. The molecule has 0 unspecified atom stereocenters. The zero-order chi connectivity index (χ0) is 22.6. The van der Waals surface area contributed by atoms with Crippen molar-refractivity contribution in [3.05, 3.63) is 63.5 Å². The Kier molecular flexibility index (Phi) is 4.60. The Morgan fingerprint density at radius 2 is 1.94 bits per heavy atom. The summed E-state index contributed by atoms with van der Waals surface area (Å²) in [4.78, 5) is 27.4. The number of pyridine rings is 1. The number of aromatic amines is 1. The van der Waals surface area contributed by atoms with Gasteiger partial charge in [-0.25, -0.2) is 0 Å². The zero-order valence-corrected chi connectivity index (χ0v) is 18.1. The normalized spacial score (nSPS) is 14.5. The van der Waals surface area contributed by atoms with Gasteiger partial charge < -0.3 is 19.4 Å². The Morgan fingerprint density at radius 1 is 1.22 bits per heavy atom. The molecule has 4 aromatic rings. The third-order valence-electron chi connectivity index (χ3n) is 5.82.